The van der Waals surface area contributed by atoms with Crippen LogP contribution >= 0.6 is 46.4 Å². The number of carbonyl (C=O) groups is 4. The molecule has 0 radical (unpaired) electrons. The molecule has 0 aliphatic heterocycles. The molecule has 4 rings (SSSR count). The molecular weight excluding hydrogens is 492 g/mol. The maximum atomic E-state index is 11.8. The molecule has 158 valence electrons. The van der Waals surface area contributed by atoms with Crippen LogP contribution in [-0.4, -0.2) is 38.8 Å². The molecule has 0 spiro atoms. The third-order valence-corrected chi connectivity index (χ3v) is 6.36. The predicted molar refractivity (Wildman–Crippen MR) is 115 cm³/mol. The number of nitro groups is 1. The molecule has 0 saturated heterocycles. The van der Waals surface area contributed by atoms with Crippen molar-refractivity contribution in [2.45, 2.75) is 10.8 Å². The average molecular weight is 501 g/mol. The van der Waals surface area contributed by atoms with Gasteiger partial charge < -0.3 is 0 Å². The summed E-state index contributed by atoms with van der Waals surface area (Å²) < 4.78 is 0. The number of benzene rings is 2. The largest absolute Gasteiger partial charge is 0.292 e. The molecule has 2 atom stereocenters. The molecule has 2 aromatic rings. The maximum absolute atomic E-state index is 11.8. The summed E-state index contributed by atoms with van der Waals surface area (Å²) in [6.45, 7) is 0. The number of halogens is 4. The third kappa shape index (κ3) is 4.02. The van der Waals surface area contributed by atoms with Crippen LogP contribution in [0.15, 0.2) is 52.5 Å². The van der Waals surface area contributed by atoms with E-state index in [0.717, 1.165) is 6.07 Å². The van der Waals surface area contributed by atoms with Crippen molar-refractivity contribution in [2.24, 2.45) is 0 Å². The quantitative estimate of drug-likeness (QED) is 0.311. The van der Waals surface area contributed by atoms with Crippen molar-refractivity contribution < 1.29 is 24.1 Å². The molecule has 0 fully saturated rings. The summed E-state index contributed by atoms with van der Waals surface area (Å²) in [5.74, 6) is -2.04. The van der Waals surface area contributed by atoms with Crippen molar-refractivity contribution in [3.8, 4) is 0 Å². The summed E-state index contributed by atoms with van der Waals surface area (Å²) in [6.07, 6.45) is 0. The second kappa shape index (κ2) is 8.88. The van der Waals surface area contributed by atoms with Gasteiger partial charge in [-0.05, 0) is 0 Å². The van der Waals surface area contributed by atoms with Gasteiger partial charge in [0.1, 0.15) is 26.4 Å². The van der Waals surface area contributed by atoms with Crippen LogP contribution in [0.1, 0.15) is 41.4 Å². The van der Waals surface area contributed by atoms with Crippen LogP contribution in [0, 0.1) is 10.1 Å². The van der Waals surface area contributed by atoms with Crippen LogP contribution in [0.5, 0.6) is 0 Å². The number of nitro benzene ring substituents is 1. The van der Waals surface area contributed by atoms with Crippen LogP contribution in [0.2, 0.25) is 0 Å². The van der Waals surface area contributed by atoms with Gasteiger partial charge in [0.2, 0.25) is 11.6 Å². The molecule has 0 bridgehead atoms. The molecule has 7 nitrogen and oxygen atoms in total. The topological polar surface area (TPSA) is 111 Å². The third-order valence-electron chi connectivity index (χ3n) is 4.52. The van der Waals surface area contributed by atoms with Crippen molar-refractivity contribution in [3.63, 3.8) is 0 Å². The summed E-state index contributed by atoms with van der Waals surface area (Å²) in [5, 5.41) is 7.93. The number of rotatable bonds is 1. The molecule has 11 heteroatoms. The number of nitrogens with zero attached hydrogens (tertiary/aromatic N) is 1. The lowest BCUT2D eigenvalue weighted by Gasteiger charge is -2.21. The van der Waals surface area contributed by atoms with E-state index in [2.05, 4.69) is 0 Å². The molecule has 0 heterocycles. The monoisotopic (exact) mass is 499 g/mol. The molecule has 0 amide bonds. The summed E-state index contributed by atoms with van der Waals surface area (Å²) in [4.78, 5) is 56.7. The number of carbonyl (C=O) groups excluding carboxylic acids is 4. The molecule has 0 N–H and O–H groups in total. The van der Waals surface area contributed by atoms with Crippen molar-refractivity contribution in [2.75, 3.05) is 0 Å². The Labute approximate surface area is 194 Å². The Morgan fingerprint density at radius 2 is 1.16 bits per heavy atom. The Kier molecular flexibility index (Phi) is 6.62. The van der Waals surface area contributed by atoms with Crippen LogP contribution in [-0.2, 0) is 0 Å². The number of Topliss-reactive ketones (excluding diaryl/α,β-unsaturated/α-hetero) is 4. The van der Waals surface area contributed by atoms with Gasteiger partial charge in [-0.1, -0.05) is 59.6 Å². The lowest BCUT2D eigenvalue weighted by Crippen LogP contribution is -2.38. The highest BCUT2D eigenvalue weighted by Gasteiger charge is 2.43. The molecule has 31 heavy (non-hydrogen) atoms. The van der Waals surface area contributed by atoms with Crippen molar-refractivity contribution >= 4 is 75.2 Å². The van der Waals surface area contributed by atoms with Gasteiger partial charge >= 0.3 is 0 Å². The molecule has 0 aromatic heterocycles. The van der Waals surface area contributed by atoms with Crippen LogP contribution in [0.25, 0.3) is 0 Å². The van der Waals surface area contributed by atoms with E-state index in [1.807, 2.05) is 0 Å². The van der Waals surface area contributed by atoms with E-state index in [0.29, 0.717) is 11.1 Å². The first-order valence-electron chi connectivity index (χ1n) is 8.45. The van der Waals surface area contributed by atoms with Crippen molar-refractivity contribution in [1.29, 1.82) is 0 Å². The van der Waals surface area contributed by atoms with Gasteiger partial charge in [-0.2, -0.15) is 0 Å². The van der Waals surface area contributed by atoms with Gasteiger partial charge in [-0.25, -0.2) is 0 Å². The molecular formula is C20H9Cl4NO6. The zero-order valence-electron chi connectivity index (χ0n) is 15.1. The number of fused-ring (bicyclic) bond motifs is 2. The number of ketones is 4. The Morgan fingerprint density at radius 3 is 1.65 bits per heavy atom. The highest BCUT2D eigenvalue weighted by molar-refractivity contribution is 6.59. The highest BCUT2D eigenvalue weighted by atomic mass is 35.5. The maximum Gasteiger partial charge on any atom is 0.280 e. The van der Waals surface area contributed by atoms with Gasteiger partial charge in [0.25, 0.3) is 5.69 Å². The fourth-order valence-corrected chi connectivity index (χ4v) is 3.85. The Hall–Kier alpha value is -2.58. The Balaban J connectivity index is 0.000000179. The number of hydrogen-bond donors (Lipinski definition) is 0. The number of allylic oxidation sites excluding steroid dienone is 2. The Bertz CT molecular complexity index is 1160. The minimum Gasteiger partial charge on any atom is -0.292 e. The summed E-state index contributed by atoms with van der Waals surface area (Å²) >= 11 is 22.6. The first-order valence-corrected chi connectivity index (χ1v) is 10.1. The van der Waals surface area contributed by atoms with Crippen LogP contribution in [0.4, 0.5) is 5.69 Å². The minimum absolute atomic E-state index is 0.0406. The van der Waals surface area contributed by atoms with Gasteiger partial charge in [0, 0.05) is 22.8 Å². The van der Waals surface area contributed by atoms with E-state index < -0.39 is 44.5 Å². The zero-order valence-corrected chi connectivity index (χ0v) is 18.1. The fourth-order valence-electron chi connectivity index (χ4n) is 3.02. The SMILES string of the molecule is O=C1C(Cl)=C(Cl)C(=O)c2ccccc21.O=C1c2cccc([N+](=O)[O-])c2C(=O)C(Cl)C1Cl. The van der Waals surface area contributed by atoms with E-state index in [1.165, 1.54) is 12.1 Å². The van der Waals surface area contributed by atoms with Crippen molar-refractivity contribution in [1.82, 2.24) is 0 Å². The normalized spacial score (nSPS) is 20.0. The molecule has 2 aliphatic carbocycles. The Morgan fingerprint density at radius 1 is 0.710 bits per heavy atom. The highest BCUT2D eigenvalue weighted by Crippen LogP contribution is 2.34. The second-order valence-corrected chi connectivity index (χ2v) is 8.02. The average Bonchev–Trinajstić information content (AvgIpc) is 2.78. The predicted octanol–water partition coefficient (Wildman–Crippen LogP) is 4.94. The smallest absolute Gasteiger partial charge is 0.280 e. The molecule has 2 unspecified atom stereocenters. The van der Waals surface area contributed by atoms with E-state index >= 15 is 0 Å². The minimum atomic E-state index is -1.27. The van der Waals surface area contributed by atoms with E-state index in [4.69, 9.17) is 46.4 Å². The van der Waals surface area contributed by atoms with Gasteiger partial charge in [-0.15, -0.1) is 23.2 Å². The molecule has 0 saturated carbocycles. The standard InChI is InChI=1S/C10H5Cl2NO4.C10H4Cl2O2/c11-7-8(12)10(15)6-4(9(7)14)2-1-3-5(6)13(16)17;11-7-8(12)10(14)6-4-2-1-3-5(6)9(7)13/h1-3,7-8H;1-4H. The first kappa shape index (κ1) is 23.1. The van der Waals surface area contributed by atoms with E-state index in [9.17, 15) is 29.3 Å². The van der Waals surface area contributed by atoms with Gasteiger partial charge in [0.15, 0.2) is 11.6 Å². The van der Waals surface area contributed by atoms with E-state index in [1.54, 1.807) is 24.3 Å². The number of hydrogen-bond acceptors (Lipinski definition) is 6. The summed E-state index contributed by atoms with van der Waals surface area (Å²) in [5.41, 5.74) is -0.0885. The lowest BCUT2D eigenvalue weighted by atomic mass is 9.88. The van der Waals surface area contributed by atoms with Crippen LogP contribution in [0.3, 0.4) is 0 Å². The van der Waals surface area contributed by atoms with Gasteiger partial charge in [0.05, 0.1) is 4.92 Å². The van der Waals surface area contributed by atoms with E-state index in [-0.39, 0.29) is 21.2 Å². The van der Waals surface area contributed by atoms with Gasteiger partial charge in [-0.3, -0.25) is 29.3 Å². The molecule has 2 aliphatic rings. The molecule has 2 aromatic carbocycles. The number of alkyl halides is 2. The lowest BCUT2D eigenvalue weighted by molar-refractivity contribution is -0.385. The first-order chi connectivity index (χ1) is 14.6. The van der Waals surface area contributed by atoms with Crippen LogP contribution < -0.4 is 0 Å². The summed E-state index contributed by atoms with van der Waals surface area (Å²) in [6, 6.07) is 10.3. The summed E-state index contributed by atoms with van der Waals surface area (Å²) in [7, 11) is 0. The fraction of sp³-hybridized carbons (Fsp3) is 0.100. The van der Waals surface area contributed by atoms with Crippen molar-refractivity contribution in [3.05, 3.63) is 84.9 Å². The second-order valence-electron chi connectivity index (χ2n) is 6.32. The zero-order chi connectivity index (χ0) is 23.0.